The van der Waals surface area contributed by atoms with Crippen molar-refractivity contribution in [2.75, 3.05) is 19.5 Å². The van der Waals surface area contributed by atoms with Gasteiger partial charge < -0.3 is 14.8 Å². The molecule has 0 unspecified atom stereocenters. The number of hydrogen-bond donors (Lipinski definition) is 1. The summed E-state index contributed by atoms with van der Waals surface area (Å²) in [7, 11) is 3.22. The summed E-state index contributed by atoms with van der Waals surface area (Å²) in [6.07, 6.45) is 1.65. The summed E-state index contributed by atoms with van der Waals surface area (Å²) in [6.45, 7) is 0. The van der Waals surface area contributed by atoms with Gasteiger partial charge in [-0.15, -0.1) is 11.3 Å². The number of thiazole rings is 1. The highest BCUT2D eigenvalue weighted by Gasteiger charge is 2.10. The monoisotopic (exact) mass is 347 g/mol. The van der Waals surface area contributed by atoms with Crippen molar-refractivity contribution < 1.29 is 9.47 Å². The zero-order valence-corrected chi connectivity index (χ0v) is 14.1. The van der Waals surface area contributed by atoms with Crippen molar-refractivity contribution in [1.82, 2.24) is 9.97 Å². The van der Waals surface area contributed by atoms with Gasteiger partial charge in [0.05, 0.1) is 19.9 Å². The van der Waals surface area contributed by atoms with Gasteiger partial charge in [-0.05, 0) is 30.3 Å². The van der Waals surface area contributed by atoms with E-state index in [1.165, 1.54) is 11.3 Å². The van der Waals surface area contributed by atoms with Crippen molar-refractivity contribution in [2.45, 2.75) is 0 Å². The SMILES string of the molecule is COc1ccc(-c2csc(Nc3cc(Cl)ccn3)n2)cc1OC. The highest BCUT2D eigenvalue weighted by atomic mass is 35.5. The fraction of sp³-hybridized carbons (Fsp3) is 0.125. The molecule has 0 bridgehead atoms. The molecule has 7 heteroatoms. The van der Waals surface area contributed by atoms with E-state index in [1.54, 1.807) is 32.5 Å². The molecule has 0 aliphatic heterocycles. The highest BCUT2D eigenvalue weighted by molar-refractivity contribution is 7.14. The topological polar surface area (TPSA) is 56.3 Å². The fourth-order valence-electron chi connectivity index (χ4n) is 2.04. The summed E-state index contributed by atoms with van der Waals surface area (Å²) >= 11 is 7.44. The van der Waals surface area contributed by atoms with Crippen LogP contribution < -0.4 is 14.8 Å². The summed E-state index contributed by atoms with van der Waals surface area (Å²) in [5.74, 6) is 2.02. The minimum Gasteiger partial charge on any atom is -0.493 e. The maximum absolute atomic E-state index is 5.95. The molecule has 0 amide bonds. The standard InChI is InChI=1S/C16H14ClN3O2S/c1-21-13-4-3-10(7-14(13)22-2)12-9-23-16(19-12)20-15-8-11(17)5-6-18-15/h3-9H,1-2H3,(H,18,19,20). The summed E-state index contributed by atoms with van der Waals surface area (Å²) in [5.41, 5.74) is 1.80. The third-order valence-corrected chi connectivity index (χ3v) is 4.13. The number of nitrogens with zero attached hydrogens (tertiary/aromatic N) is 2. The number of ether oxygens (including phenoxy) is 2. The van der Waals surface area contributed by atoms with Crippen LogP contribution in [0.25, 0.3) is 11.3 Å². The van der Waals surface area contributed by atoms with Gasteiger partial charge in [0.2, 0.25) is 0 Å². The Morgan fingerprint density at radius 1 is 1.09 bits per heavy atom. The van der Waals surface area contributed by atoms with E-state index in [0.29, 0.717) is 22.3 Å². The molecule has 2 aromatic heterocycles. The molecule has 0 saturated heterocycles. The second kappa shape index (κ2) is 6.85. The normalized spacial score (nSPS) is 10.4. The predicted molar refractivity (Wildman–Crippen MR) is 93.2 cm³/mol. The van der Waals surface area contributed by atoms with Crippen molar-refractivity contribution >= 4 is 33.9 Å². The van der Waals surface area contributed by atoms with Gasteiger partial charge in [0.1, 0.15) is 5.82 Å². The molecule has 3 rings (SSSR count). The number of rotatable bonds is 5. The van der Waals surface area contributed by atoms with Crippen molar-refractivity contribution in [3.05, 3.63) is 46.9 Å². The number of nitrogens with one attached hydrogen (secondary N) is 1. The van der Waals surface area contributed by atoms with E-state index in [-0.39, 0.29) is 0 Å². The molecular weight excluding hydrogens is 334 g/mol. The summed E-state index contributed by atoms with van der Waals surface area (Å²) in [4.78, 5) is 8.77. The molecule has 0 saturated carbocycles. The molecule has 1 aromatic carbocycles. The smallest absolute Gasteiger partial charge is 0.188 e. The zero-order valence-electron chi connectivity index (χ0n) is 12.5. The average Bonchev–Trinajstić information content (AvgIpc) is 3.02. The van der Waals surface area contributed by atoms with Crippen molar-refractivity contribution in [2.24, 2.45) is 0 Å². The van der Waals surface area contributed by atoms with Crippen LogP contribution in [0.4, 0.5) is 10.9 Å². The Labute approximate surface area is 142 Å². The second-order valence-corrected chi connectivity index (χ2v) is 5.89. The molecule has 0 fully saturated rings. The maximum Gasteiger partial charge on any atom is 0.188 e. The summed E-state index contributed by atoms with van der Waals surface area (Å²) in [5, 5.41) is 6.47. The molecule has 0 radical (unpaired) electrons. The number of pyridine rings is 1. The molecular formula is C16H14ClN3O2S. The number of methoxy groups -OCH3 is 2. The van der Waals surface area contributed by atoms with Gasteiger partial charge in [-0.2, -0.15) is 0 Å². The lowest BCUT2D eigenvalue weighted by molar-refractivity contribution is 0.355. The van der Waals surface area contributed by atoms with Crippen LogP contribution >= 0.6 is 22.9 Å². The van der Waals surface area contributed by atoms with Gasteiger partial charge in [-0.25, -0.2) is 9.97 Å². The average molecular weight is 348 g/mol. The first-order valence-corrected chi connectivity index (χ1v) is 8.02. The highest BCUT2D eigenvalue weighted by Crippen LogP contribution is 2.34. The largest absolute Gasteiger partial charge is 0.493 e. The Balaban J connectivity index is 1.84. The number of halogens is 1. The summed E-state index contributed by atoms with van der Waals surface area (Å²) < 4.78 is 10.6. The van der Waals surface area contributed by atoms with Crippen LogP contribution in [0.1, 0.15) is 0 Å². The molecule has 3 aromatic rings. The van der Waals surface area contributed by atoms with E-state index in [9.17, 15) is 0 Å². The number of benzene rings is 1. The minimum absolute atomic E-state index is 0.624. The Kier molecular flexibility index (Phi) is 4.64. The van der Waals surface area contributed by atoms with Crippen LogP contribution in [0, 0.1) is 0 Å². The van der Waals surface area contributed by atoms with Crippen LogP contribution in [-0.2, 0) is 0 Å². The predicted octanol–water partition coefficient (Wildman–Crippen LogP) is 4.62. The molecule has 0 aliphatic rings. The third kappa shape index (κ3) is 3.55. The Bertz CT molecular complexity index is 823. The Morgan fingerprint density at radius 3 is 2.65 bits per heavy atom. The third-order valence-electron chi connectivity index (χ3n) is 3.14. The van der Waals surface area contributed by atoms with Crippen LogP contribution in [0.2, 0.25) is 5.02 Å². The van der Waals surface area contributed by atoms with E-state index in [4.69, 9.17) is 21.1 Å². The number of aromatic nitrogens is 2. The molecule has 5 nitrogen and oxygen atoms in total. The second-order valence-electron chi connectivity index (χ2n) is 4.59. The lowest BCUT2D eigenvalue weighted by Crippen LogP contribution is -1.93. The fourth-order valence-corrected chi connectivity index (χ4v) is 2.93. The van der Waals surface area contributed by atoms with Crippen LogP contribution in [-0.4, -0.2) is 24.2 Å². The number of hydrogen-bond acceptors (Lipinski definition) is 6. The molecule has 1 N–H and O–H groups in total. The lowest BCUT2D eigenvalue weighted by atomic mass is 10.1. The van der Waals surface area contributed by atoms with Gasteiger partial charge in [-0.1, -0.05) is 11.6 Å². The maximum atomic E-state index is 5.95. The van der Waals surface area contributed by atoms with Crippen LogP contribution in [0.15, 0.2) is 41.9 Å². The Hall–Kier alpha value is -2.31. The zero-order chi connectivity index (χ0) is 16.2. The number of anilines is 2. The Morgan fingerprint density at radius 2 is 1.91 bits per heavy atom. The summed E-state index contributed by atoms with van der Waals surface area (Å²) in [6, 6.07) is 9.18. The molecule has 2 heterocycles. The van der Waals surface area contributed by atoms with E-state index in [2.05, 4.69) is 15.3 Å². The molecule has 0 atom stereocenters. The van der Waals surface area contributed by atoms with Crippen molar-refractivity contribution in [1.29, 1.82) is 0 Å². The van der Waals surface area contributed by atoms with Gasteiger partial charge >= 0.3 is 0 Å². The van der Waals surface area contributed by atoms with Crippen LogP contribution in [0.5, 0.6) is 11.5 Å². The van der Waals surface area contributed by atoms with E-state index < -0.39 is 0 Å². The first kappa shape index (κ1) is 15.6. The van der Waals surface area contributed by atoms with Crippen molar-refractivity contribution in [3.8, 4) is 22.8 Å². The first-order valence-electron chi connectivity index (χ1n) is 6.76. The lowest BCUT2D eigenvalue weighted by Gasteiger charge is -2.08. The van der Waals surface area contributed by atoms with E-state index >= 15 is 0 Å². The quantitative estimate of drug-likeness (QED) is 0.729. The van der Waals surface area contributed by atoms with Gasteiger partial charge in [0, 0.05) is 22.2 Å². The van der Waals surface area contributed by atoms with Gasteiger partial charge in [-0.3, -0.25) is 0 Å². The van der Waals surface area contributed by atoms with Crippen molar-refractivity contribution in [3.63, 3.8) is 0 Å². The molecule has 23 heavy (non-hydrogen) atoms. The van der Waals surface area contributed by atoms with E-state index in [1.807, 2.05) is 23.6 Å². The molecule has 0 aliphatic carbocycles. The molecule has 0 spiro atoms. The van der Waals surface area contributed by atoms with Crippen LogP contribution in [0.3, 0.4) is 0 Å². The van der Waals surface area contributed by atoms with Gasteiger partial charge in [0.15, 0.2) is 16.6 Å². The first-order chi connectivity index (χ1) is 11.2. The minimum atomic E-state index is 0.624. The molecule has 118 valence electrons. The van der Waals surface area contributed by atoms with Gasteiger partial charge in [0.25, 0.3) is 0 Å². The van der Waals surface area contributed by atoms with E-state index in [0.717, 1.165) is 16.4 Å².